The number of likely N-dealkylation sites (tertiary alicyclic amines) is 1. The molecule has 1 aromatic rings. The van der Waals surface area contributed by atoms with Gasteiger partial charge >= 0.3 is 0 Å². The minimum Gasteiger partial charge on any atom is -0.319 e. The fourth-order valence-corrected chi connectivity index (χ4v) is 2.71. The molecule has 2 heterocycles. The van der Waals surface area contributed by atoms with E-state index in [1.165, 1.54) is 0 Å². The summed E-state index contributed by atoms with van der Waals surface area (Å²) in [5, 5.41) is 6.05. The molecule has 1 amide bonds. The quantitative estimate of drug-likeness (QED) is 0.856. The first-order valence-electron chi connectivity index (χ1n) is 6.95. The number of hydrogen-bond acceptors (Lipinski definition) is 4. The molecule has 0 aliphatic carbocycles. The van der Waals surface area contributed by atoms with Gasteiger partial charge in [0.1, 0.15) is 5.82 Å². The fraction of sp³-hybridized carbons (Fsp3) is 0.571. The monoisotopic (exact) mass is 340 g/mol. The molecule has 2 rings (SSSR count). The molecule has 6 heteroatoms. The van der Waals surface area contributed by atoms with E-state index in [9.17, 15) is 4.79 Å². The number of amides is 1. The van der Waals surface area contributed by atoms with Gasteiger partial charge in [-0.15, -0.1) is 0 Å². The Bertz CT molecular complexity index is 429. The largest absolute Gasteiger partial charge is 0.319 e. The molecular formula is C14H21BrN4O. The van der Waals surface area contributed by atoms with Gasteiger partial charge in [0.15, 0.2) is 0 Å². The lowest BCUT2D eigenvalue weighted by molar-refractivity contribution is -0.117. The third kappa shape index (κ3) is 4.85. The summed E-state index contributed by atoms with van der Waals surface area (Å²) in [6.07, 6.45) is 3.99. The van der Waals surface area contributed by atoms with E-state index in [0.717, 1.165) is 42.9 Å². The third-order valence-corrected chi connectivity index (χ3v) is 4.03. The van der Waals surface area contributed by atoms with Crippen molar-refractivity contribution in [3.8, 4) is 0 Å². The van der Waals surface area contributed by atoms with Crippen molar-refractivity contribution < 1.29 is 4.79 Å². The standard InChI is InChI=1S/C14H21BrN4O/c1-16-8-11-4-6-19(7-5-11)10-14(20)18-13-3-2-12(15)9-17-13/h2-3,9,11,16H,4-8,10H2,1H3,(H,17,18,20). The molecule has 110 valence electrons. The molecule has 0 aromatic carbocycles. The molecule has 1 aliphatic rings. The summed E-state index contributed by atoms with van der Waals surface area (Å²) in [6, 6.07) is 3.66. The molecule has 0 atom stereocenters. The van der Waals surface area contributed by atoms with Gasteiger partial charge in [-0.25, -0.2) is 4.98 Å². The lowest BCUT2D eigenvalue weighted by Gasteiger charge is -2.31. The van der Waals surface area contributed by atoms with E-state index in [-0.39, 0.29) is 5.91 Å². The fourth-order valence-electron chi connectivity index (χ4n) is 2.47. The van der Waals surface area contributed by atoms with Gasteiger partial charge in [0.2, 0.25) is 5.91 Å². The van der Waals surface area contributed by atoms with Gasteiger partial charge in [0, 0.05) is 10.7 Å². The molecular weight excluding hydrogens is 320 g/mol. The molecule has 1 aliphatic heterocycles. The van der Waals surface area contributed by atoms with E-state index in [4.69, 9.17) is 0 Å². The Balaban J connectivity index is 1.74. The Hall–Kier alpha value is -0.980. The van der Waals surface area contributed by atoms with Gasteiger partial charge in [-0.05, 0) is 73.5 Å². The van der Waals surface area contributed by atoms with E-state index in [1.807, 2.05) is 13.1 Å². The number of rotatable bonds is 5. The molecule has 0 bridgehead atoms. The van der Waals surface area contributed by atoms with Gasteiger partial charge in [-0.2, -0.15) is 0 Å². The predicted octanol–water partition coefficient (Wildman–Crippen LogP) is 1.71. The predicted molar refractivity (Wildman–Crippen MR) is 83.7 cm³/mol. The number of nitrogens with one attached hydrogen (secondary N) is 2. The van der Waals surface area contributed by atoms with E-state index >= 15 is 0 Å². The van der Waals surface area contributed by atoms with Crippen LogP contribution in [0.1, 0.15) is 12.8 Å². The number of hydrogen-bond donors (Lipinski definition) is 2. The second-order valence-corrected chi connectivity index (χ2v) is 6.10. The maximum atomic E-state index is 12.0. The average Bonchev–Trinajstić information content (AvgIpc) is 2.44. The molecule has 0 unspecified atom stereocenters. The molecule has 0 saturated carbocycles. The molecule has 2 N–H and O–H groups in total. The van der Waals surface area contributed by atoms with Gasteiger partial charge in [0.05, 0.1) is 6.54 Å². The van der Waals surface area contributed by atoms with E-state index in [0.29, 0.717) is 12.4 Å². The first-order chi connectivity index (χ1) is 9.67. The first kappa shape index (κ1) is 15.4. The van der Waals surface area contributed by atoms with Crippen LogP contribution in [0.4, 0.5) is 5.82 Å². The summed E-state index contributed by atoms with van der Waals surface area (Å²) in [7, 11) is 1.99. The second-order valence-electron chi connectivity index (χ2n) is 5.19. The first-order valence-corrected chi connectivity index (χ1v) is 7.75. The van der Waals surface area contributed by atoms with Gasteiger partial charge in [-0.3, -0.25) is 9.69 Å². The molecule has 0 radical (unpaired) electrons. The van der Waals surface area contributed by atoms with Crippen LogP contribution in [0.15, 0.2) is 22.8 Å². The van der Waals surface area contributed by atoms with Crippen molar-refractivity contribution in [1.29, 1.82) is 0 Å². The van der Waals surface area contributed by atoms with Crippen molar-refractivity contribution in [1.82, 2.24) is 15.2 Å². The Morgan fingerprint density at radius 2 is 2.20 bits per heavy atom. The highest BCUT2D eigenvalue weighted by Gasteiger charge is 2.20. The van der Waals surface area contributed by atoms with Crippen LogP contribution in [0.25, 0.3) is 0 Å². The Kier molecular flexibility index (Phi) is 5.94. The van der Waals surface area contributed by atoms with Gasteiger partial charge < -0.3 is 10.6 Å². The van der Waals surface area contributed by atoms with Crippen LogP contribution in [0.2, 0.25) is 0 Å². The summed E-state index contributed by atoms with van der Waals surface area (Å²) in [5.74, 6) is 1.35. The van der Waals surface area contributed by atoms with E-state index in [1.54, 1.807) is 12.3 Å². The van der Waals surface area contributed by atoms with Crippen LogP contribution in [-0.2, 0) is 4.79 Å². The molecule has 1 saturated heterocycles. The average molecular weight is 341 g/mol. The molecule has 1 fully saturated rings. The zero-order chi connectivity index (χ0) is 14.4. The van der Waals surface area contributed by atoms with Crippen molar-refractivity contribution in [3.63, 3.8) is 0 Å². The lowest BCUT2D eigenvalue weighted by Crippen LogP contribution is -2.40. The third-order valence-electron chi connectivity index (χ3n) is 3.56. The normalized spacial score (nSPS) is 17.1. The summed E-state index contributed by atoms with van der Waals surface area (Å²) in [6.45, 7) is 3.51. The molecule has 1 aromatic heterocycles. The number of carbonyl (C=O) groups excluding carboxylic acids is 1. The number of pyridine rings is 1. The van der Waals surface area contributed by atoms with Crippen molar-refractivity contribution in [2.24, 2.45) is 5.92 Å². The second kappa shape index (κ2) is 7.71. The molecule has 0 spiro atoms. The maximum Gasteiger partial charge on any atom is 0.239 e. The molecule has 5 nitrogen and oxygen atoms in total. The van der Waals surface area contributed by atoms with Crippen molar-refractivity contribution >= 4 is 27.7 Å². The van der Waals surface area contributed by atoms with Crippen LogP contribution >= 0.6 is 15.9 Å². The smallest absolute Gasteiger partial charge is 0.239 e. The summed E-state index contributed by atoms with van der Waals surface area (Å²) in [5.41, 5.74) is 0. The van der Waals surface area contributed by atoms with Gasteiger partial charge in [-0.1, -0.05) is 0 Å². The number of halogens is 1. The van der Waals surface area contributed by atoms with E-state index in [2.05, 4.69) is 36.4 Å². The summed E-state index contributed by atoms with van der Waals surface area (Å²) >= 11 is 3.32. The number of nitrogens with zero attached hydrogens (tertiary/aromatic N) is 2. The minimum atomic E-state index is 0.00638. The highest BCUT2D eigenvalue weighted by atomic mass is 79.9. The van der Waals surface area contributed by atoms with Crippen LogP contribution in [-0.4, -0.2) is 49.0 Å². The topological polar surface area (TPSA) is 57.3 Å². The Morgan fingerprint density at radius 1 is 1.45 bits per heavy atom. The van der Waals surface area contributed by atoms with Crippen LogP contribution in [0, 0.1) is 5.92 Å². The van der Waals surface area contributed by atoms with Crippen molar-refractivity contribution in [3.05, 3.63) is 22.8 Å². The number of anilines is 1. The highest BCUT2D eigenvalue weighted by molar-refractivity contribution is 9.10. The number of aromatic nitrogens is 1. The Morgan fingerprint density at radius 3 is 2.80 bits per heavy atom. The number of piperidine rings is 1. The van der Waals surface area contributed by atoms with E-state index < -0.39 is 0 Å². The minimum absolute atomic E-state index is 0.00638. The Labute approximate surface area is 128 Å². The zero-order valence-corrected chi connectivity index (χ0v) is 13.3. The molecule has 20 heavy (non-hydrogen) atoms. The summed E-state index contributed by atoms with van der Waals surface area (Å²) in [4.78, 5) is 18.3. The SMILES string of the molecule is CNCC1CCN(CC(=O)Nc2ccc(Br)cn2)CC1. The number of carbonyl (C=O) groups is 1. The maximum absolute atomic E-state index is 12.0. The van der Waals surface area contributed by atoms with Crippen LogP contribution in [0.3, 0.4) is 0 Å². The van der Waals surface area contributed by atoms with Crippen LogP contribution in [0.5, 0.6) is 0 Å². The van der Waals surface area contributed by atoms with Crippen molar-refractivity contribution in [2.75, 3.05) is 38.5 Å². The summed E-state index contributed by atoms with van der Waals surface area (Å²) < 4.78 is 0.905. The zero-order valence-electron chi connectivity index (χ0n) is 11.7. The highest BCUT2D eigenvalue weighted by Crippen LogP contribution is 2.16. The lowest BCUT2D eigenvalue weighted by atomic mass is 9.97. The van der Waals surface area contributed by atoms with Gasteiger partial charge in [0.25, 0.3) is 0 Å². The van der Waals surface area contributed by atoms with Crippen molar-refractivity contribution in [2.45, 2.75) is 12.8 Å². The van der Waals surface area contributed by atoms with Crippen LogP contribution < -0.4 is 10.6 Å².